The van der Waals surface area contributed by atoms with Crippen molar-refractivity contribution < 1.29 is 4.79 Å². The molecule has 0 aliphatic heterocycles. The van der Waals surface area contributed by atoms with Crippen LogP contribution in [0.1, 0.15) is 27.0 Å². The third-order valence-corrected chi connectivity index (χ3v) is 4.65. The van der Waals surface area contributed by atoms with Gasteiger partial charge in [0.1, 0.15) is 0 Å². The molecule has 0 aromatic heterocycles. The van der Waals surface area contributed by atoms with Gasteiger partial charge in [0.2, 0.25) is 0 Å². The number of nitrogens with zero attached hydrogens (tertiary/aromatic N) is 1. The molecule has 0 heterocycles. The van der Waals surface area contributed by atoms with Crippen molar-refractivity contribution in [3.05, 3.63) is 68.1 Å². The lowest BCUT2D eigenvalue weighted by molar-refractivity contribution is 0.0785. The zero-order valence-electron chi connectivity index (χ0n) is 12.3. The third kappa shape index (κ3) is 3.86. The second-order valence-corrected chi connectivity index (χ2v) is 6.48. The summed E-state index contributed by atoms with van der Waals surface area (Å²) >= 11 is 9.38. The van der Waals surface area contributed by atoms with E-state index in [0.717, 1.165) is 10.0 Å². The number of amides is 1. The van der Waals surface area contributed by atoms with Gasteiger partial charge in [-0.15, -0.1) is 0 Å². The predicted octanol–water partition coefficient (Wildman–Crippen LogP) is 4.99. The van der Waals surface area contributed by atoms with E-state index in [1.807, 2.05) is 0 Å². The van der Waals surface area contributed by atoms with E-state index in [1.165, 1.54) is 11.1 Å². The van der Waals surface area contributed by atoms with Crippen LogP contribution < -0.4 is 0 Å². The molecule has 0 saturated heterocycles. The van der Waals surface area contributed by atoms with Crippen molar-refractivity contribution in [1.82, 2.24) is 4.90 Å². The Balaban J connectivity index is 2.17. The van der Waals surface area contributed by atoms with Gasteiger partial charge in [-0.1, -0.05) is 35.4 Å². The Labute approximate surface area is 138 Å². The fourth-order valence-electron chi connectivity index (χ4n) is 2.20. The van der Waals surface area contributed by atoms with Crippen LogP contribution in [0.3, 0.4) is 0 Å². The Kier molecular flexibility index (Phi) is 5.07. The summed E-state index contributed by atoms with van der Waals surface area (Å²) in [7, 11) is 1.80. The van der Waals surface area contributed by atoms with E-state index >= 15 is 0 Å². The van der Waals surface area contributed by atoms with Gasteiger partial charge < -0.3 is 4.90 Å². The quantitative estimate of drug-likeness (QED) is 0.749. The molecule has 0 saturated carbocycles. The monoisotopic (exact) mass is 365 g/mol. The number of carbonyl (C=O) groups excluding carboxylic acids is 1. The van der Waals surface area contributed by atoms with E-state index in [2.05, 4.69) is 48.0 Å². The largest absolute Gasteiger partial charge is 0.337 e. The van der Waals surface area contributed by atoms with Crippen molar-refractivity contribution in [1.29, 1.82) is 0 Å². The molecule has 0 aliphatic rings. The summed E-state index contributed by atoms with van der Waals surface area (Å²) in [5.41, 5.74) is 4.17. The number of benzene rings is 2. The summed E-state index contributed by atoms with van der Waals surface area (Å²) in [5.74, 6) is -0.0376. The highest BCUT2D eigenvalue weighted by Crippen LogP contribution is 2.24. The number of aryl methyl sites for hydroxylation is 2. The summed E-state index contributed by atoms with van der Waals surface area (Å²) in [6.45, 7) is 4.71. The summed E-state index contributed by atoms with van der Waals surface area (Å²) in [6, 6.07) is 11.5. The molecule has 0 N–H and O–H groups in total. The molecular weight excluding hydrogens is 350 g/mol. The zero-order chi connectivity index (χ0) is 15.6. The Bertz CT molecular complexity index is 684. The first kappa shape index (κ1) is 16.1. The van der Waals surface area contributed by atoms with Crippen LogP contribution in [0.5, 0.6) is 0 Å². The molecule has 0 bridgehead atoms. The van der Waals surface area contributed by atoms with E-state index in [-0.39, 0.29) is 5.91 Å². The van der Waals surface area contributed by atoms with Crippen molar-refractivity contribution in [2.45, 2.75) is 20.4 Å². The van der Waals surface area contributed by atoms with Gasteiger partial charge >= 0.3 is 0 Å². The van der Waals surface area contributed by atoms with Crippen LogP contribution in [0, 0.1) is 13.8 Å². The molecule has 2 nitrogen and oxygen atoms in total. The Hall–Kier alpha value is -1.32. The highest BCUT2D eigenvalue weighted by atomic mass is 79.9. The van der Waals surface area contributed by atoms with Crippen molar-refractivity contribution in [3.63, 3.8) is 0 Å². The van der Waals surface area contributed by atoms with E-state index in [4.69, 9.17) is 11.6 Å². The highest BCUT2D eigenvalue weighted by Gasteiger charge is 2.14. The standard InChI is InChI=1S/C17H17BrClNO/c1-11-4-5-14(12(2)8-11)10-20(3)17(21)13-6-7-15(18)16(19)9-13/h4-9H,10H2,1-3H3. The Morgan fingerprint density at radius 3 is 2.52 bits per heavy atom. The average Bonchev–Trinajstić information content (AvgIpc) is 2.44. The molecule has 1 amide bonds. The molecule has 0 radical (unpaired) electrons. The second kappa shape index (κ2) is 6.63. The SMILES string of the molecule is Cc1ccc(CN(C)C(=O)c2ccc(Br)c(Cl)c2)c(C)c1. The fourth-order valence-corrected chi connectivity index (χ4v) is 2.63. The maximum Gasteiger partial charge on any atom is 0.253 e. The highest BCUT2D eigenvalue weighted by molar-refractivity contribution is 9.10. The lowest BCUT2D eigenvalue weighted by Gasteiger charge is -2.19. The molecular formula is C17H17BrClNO. The molecule has 2 aromatic carbocycles. The minimum Gasteiger partial charge on any atom is -0.337 e. The maximum atomic E-state index is 12.4. The summed E-state index contributed by atoms with van der Waals surface area (Å²) in [5, 5.41) is 0.542. The first-order chi connectivity index (χ1) is 9.88. The topological polar surface area (TPSA) is 20.3 Å². The third-order valence-electron chi connectivity index (χ3n) is 3.42. The van der Waals surface area contributed by atoms with Gasteiger partial charge in [0, 0.05) is 23.6 Å². The van der Waals surface area contributed by atoms with E-state index in [9.17, 15) is 4.79 Å². The molecule has 0 fully saturated rings. The van der Waals surface area contributed by atoms with Crippen LogP contribution in [0.15, 0.2) is 40.9 Å². The van der Waals surface area contributed by atoms with Gasteiger partial charge in [-0.05, 0) is 59.1 Å². The van der Waals surface area contributed by atoms with E-state index in [0.29, 0.717) is 17.1 Å². The number of carbonyl (C=O) groups is 1. The smallest absolute Gasteiger partial charge is 0.253 e. The molecule has 0 atom stereocenters. The normalized spacial score (nSPS) is 10.5. The summed E-state index contributed by atoms with van der Waals surface area (Å²) < 4.78 is 0.790. The molecule has 21 heavy (non-hydrogen) atoms. The van der Waals surface area contributed by atoms with Crippen LogP contribution >= 0.6 is 27.5 Å². The van der Waals surface area contributed by atoms with Crippen LogP contribution in [0.4, 0.5) is 0 Å². The molecule has 2 rings (SSSR count). The predicted molar refractivity (Wildman–Crippen MR) is 90.9 cm³/mol. The van der Waals surface area contributed by atoms with E-state index in [1.54, 1.807) is 30.1 Å². The van der Waals surface area contributed by atoms with Crippen molar-refractivity contribution in [2.75, 3.05) is 7.05 Å². The fraction of sp³-hybridized carbons (Fsp3) is 0.235. The van der Waals surface area contributed by atoms with Gasteiger partial charge in [-0.2, -0.15) is 0 Å². The van der Waals surface area contributed by atoms with Gasteiger partial charge in [-0.25, -0.2) is 0 Å². The molecule has 0 spiro atoms. The molecule has 110 valence electrons. The Morgan fingerprint density at radius 2 is 1.90 bits per heavy atom. The molecule has 0 aliphatic carbocycles. The lowest BCUT2D eigenvalue weighted by atomic mass is 10.1. The van der Waals surface area contributed by atoms with Crippen molar-refractivity contribution >= 4 is 33.4 Å². The van der Waals surface area contributed by atoms with E-state index < -0.39 is 0 Å². The number of hydrogen-bond acceptors (Lipinski definition) is 1. The summed E-state index contributed by atoms with van der Waals surface area (Å²) in [4.78, 5) is 14.1. The van der Waals surface area contributed by atoms with Crippen LogP contribution in [-0.2, 0) is 6.54 Å². The van der Waals surface area contributed by atoms with Gasteiger partial charge in [0.25, 0.3) is 5.91 Å². The summed E-state index contributed by atoms with van der Waals surface area (Å²) in [6.07, 6.45) is 0. The molecule has 2 aromatic rings. The van der Waals surface area contributed by atoms with Gasteiger partial charge in [0.05, 0.1) is 5.02 Å². The minimum absolute atomic E-state index is 0.0376. The van der Waals surface area contributed by atoms with Crippen LogP contribution in [-0.4, -0.2) is 17.9 Å². The first-order valence-corrected chi connectivity index (χ1v) is 7.82. The van der Waals surface area contributed by atoms with Gasteiger partial charge in [-0.3, -0.25) is 4.79 Å². The van der Waals surface area contributed by atoms with Crippen molar-refractivity contribution in [2.24, 2.45) is 0 Å². The molecule has 0 unspecified atom stereocenters. The first-order valence-electron chi connectivity index (χ1n) is 6.65. The number of halogens is 2. The van der Waals surface area contributed by atoms with Crippen LogP contribution in [0.25, 0.3) is 0 Å². The minimum atomic E-state index is -0.0376. The number of hydrogen-bond donors (Lipinski definition) is 0. The lowest BCUT2D eigenvalue weighted by Crippen LogP contribution is -2.26. The van der Waals surface area contributed by atoms with Crippen molar-refractivity contribution in [3.8, 4) is 0 Å². The average molecular weight is 367 g/mol. The van der Waals surface area contributed by atoms with Gasteiger partial charge in [0.15, 0.2) is 0 Å². The Morgan fingerprint density at radius 1 is 1.19 bits per heavy atom. The molecule has 4 heteroatoms. The maximum absolute atomic E-state index is 12.4. The second-order valence-electron chi connectivity index (χ2n) is 5.22. The zero-order valence-corrected chi connectivity index (χ0v) is 14.6. The van der Waals surface area contributed by atoms with Crippen LogP contribution in [0.2, 0.25) is 5.02 Å². The number of rotatable bonds is 3.